The van der Waals surface area contributed by atoms with Gasteiger partial charge in [0.15, 0.2) is 0 Å². The minimum Gasteiger partial charge on any atom is -0.375 e. The Morgan fingerprint density at radius 1 is 1.31 bits per heavy atom. The Labute approximate surface area is 99.5 Å². The van der Waals surface area contributed by atoms with E-state index in [9.17, 15) is 0 Å². The van der Waals surface area contributed by atoms with Crippen LogP contribution in [-0.4, -0.2) is 48.8 Å². The molecular formula is C13H26N2O. The smallest absolute Gasteiger partial charge is 0.0731 e. The van der Waals surface area contributed by atoms with Gasteiger partial charge in [0.2, 0.25) is 0 Å². The molecule has 1 heterocycles. The molecule has 3 heteroatoms. The van der Waals surface area contributed by atoms with E-state index >= 15 is 0 Å². The molecule has 3 nitrogen and oxygen atoms in total. The Morgan fingerprint density at radius 3 is 2.88 bits per heavy atom. The third-order valence-electron chi connectivity index (χ3n) is 3.91. The van der Waals surface area contributed by atoms with E-state index in [1.165, 1.54) is 19.3 Å². The maximum absolute atomic E-state index is 5.85. The lowest BCUT2D eigenvalue weighted by Gasteiger charge is -2.41. The van der Waals surface area contributed by atoms with Crippen LogP contribution >= 0.6 is 0 Å². The average Bonchev–Trinajstić information content (AvgIpc) is 2.73. The highest BCUT2D eigenvalue weighted by Gasteiger charge is 2.37. The zero-order valence-corrected chi connectivity index (χ0v) is 10.9. The summed E-state index contributed by atoms with van der Waals surface area (Å²) in [5.74, 6) is 0. The lowest BCUT2D eigenvalue weighted by atomic mass is 10.1. The largest absolute Gasteiger partial charge is 0.375 e. The Morgan fingerprint density at radius 2 is 2.12 bits per heavy atom. The number of nitrogens with one attached hydrogen (secondary N) is 1. The van der Waals surface area contributed by atoms with Crippen LogP contribution in [0.3, 0.4) is 0 Å². The standard InChI is InChI=1S/C13H26N2O/c1-10(2)14-9-11(3)15-7-8-16-13-6-4-5-12(13)15/h10-14H,4-9H2,1-3H3. The van der Waals surface area contributed by atoms with Gasteiger partial charge in [0.25, 0.3) is 0 Å². The van der Waals surface area contributed by atoms with Crippen molar-refractivity contribution in [2.45, 2.75) is 64.3 Å². The van der Waals surface area contributed by atoms with Crippen LogP contribution in [0, 0.1) is 0 Å². The molecular weight excluding hydrogens is 200 g/mol. The number of ether oxygens (including phenoxy) is 1. The maximum Gasteiger partial charge on any atom is 0.0731 e. The van der Waals surface area contributed by atoms with Gasteiger partial charge in [0.1, 0.15) is 0 Å². The Balaban J connectivity index is 1.86. The molecule has 0 bridgehead atoms. The summed E-state index contributed by atoms with van der Waals surface area (Å²) >= 11 is 0. The maximum atomic E-state index is 5.85. The van der Waals surface area contributed by atoms with Gasteiger partial charge >= 0.3 is 0 Å². The van der Waals surface area contributed by atoms with Crippen LogP contribution in [0.2, 0.25) is 0 Å². The summed E-state index contributed by atoms with van der Waals surface area (Å²) < 4.78 is 5.85. The summed E-state index contributed by atoms with van der Waals surface area (Å²) in [6.45, 7) is 9.90. The van der Waals surface area contributed by atoms with E-state index in [0.717, 1.165) is 19.7 Å². The van der Waals surface area contributed by atoms with Crippen LogP contribution in [0.4, 0.5) is 0 Å². The van der Waals surface area contributed by atoms with E-state index in [1.54, 1.807) is 0 Å². The molecule has 1 aliphatic carbocycles. The van der Waals surface area contributed by atoms with Crippen molar-refractivity contribution >= 4 is 0 Å². The molecule has 16 heavy (non-hydrogen) atoms. The van der Waals surface area contributed by atoms with Crippen LogP contribution < -0.4 is 5.32 Å². The average molecular weight is 226 g/mol. The monoisotopic (exact) mass is 226 g/mol. The number of hydrogen-bond acceptors (Lipinski definition) is 3. The topological polar surface area (TPSA) is 24.5 Å². The lowest BCUT2D eigenvalue weighted by Crippen LogP contribution is -2.54. The second-order valence-electron chi connectivity index (χ2n) is 5.56. The van der Waals surface area contributed by atoms with E-state index in [-0.39, 0.29) is 0 Å². The number of morpholine rings is 1. The van der Waals surface area contributed by atoms with Crippen molar-refractivity contribution in [3.63, 3.8) is 0 Å². The molecule has 0 radical (unpaired) electrons. The molecule has 3 unspecified atom stereocenters. The van der Waals surface area contributed by atoms with Crippen molar-refractivity contribution in [1.29, 1.82) is 0 Å². The fourth-order valence-electron chi connectivity index (χ4n) is 3.03. The van der Waals surface area contributed by atoms with Gasteiger partial charge in [0, 0.05) is 31.2 Å². The van der Waals surface area contributed by atoms with Gasteiger partial charge in [-0.2, -0.15) is 0 Å². The highest BCUT2D eigenvalue weighted by atomic mass is 16.5. The molecule has 3 atom stereocenters. The van der Waals surface area contributed by atoms with E-state index in [2.05, 4.69) is 31.0 Å². The molecule has 0 amide bonds. The van der Waals surface area contributed by atoms with Crippen molar-refractivity contribution in [3.8, 4) is 0 Å². The number of nitrogens with zero attached hydrogens (tertiary/aromatic N) is 1. The molecule has 1 saturated heterocycles. The van der Waals surface area contributed by atoms with E-state index in [1.807, 2.05) is 0 Å². The fraction of sp³-hybridized carbons (Fsp3) is 1.00. The highest BCUT2D eigenvalue weighted by Crippen LogP contribution is 2.30. The molecule has 1 saturated carbocycles. The van der Waals surface area contributed by atoms with Crippen LogP contribution in [0.15, 0.2) is 0 Å². The first-order valence-corrected chi connectivity index (χ1v) is 6.79. The summed E-state index contributed by atoms with van der Waals surface area (Å²) in [5, 5.41) is 3.54. The summed E-state index contributed by atoms with van der Waals surface area (Å²) in [6, 6.07) is 1.91. The molecule has 94 valence electrons. The van der Waals surface area contributed by atoms with Crippen LogP contribution in [0.25, 0.3) is 0 Å². The fourth-order valence-corrected chi connectivity index (χ4v) is 3.03. The zero-order chi connectivity index (χ0) is 11.5. The molecule has 1 N–H and O–H groups in total. The molecule has 2 rings (SSSR count). The summed E-state index contributed by atoms with van der Waals surface area (Å²) in [7, 11) is 0. The van der Waals surface area contributed by atoms with Crippen molar-refractivity contribution in [2.75, 3.05) is 19.7 Å². The predicted octanol–water partition coefficient (Wildman–Crippen LogP) is 1.63. The minimum absolute atomic E-state index is 0.523. The third kappa shape index (κ3) is 2.76. The van der Waals surface area contributed by atoms with Gasteiger partial charge in [-0.05, 0) is 26.2 Å². The van der Waals surface area contributed by atoms with E-state index in [4.69, 9.17) is 4.74 Å². The van der Waals surface area contributed by atoms with E-state index < -0.39 is 0 Å². The Hall–Kier alpha value is -0.120. The van der Waals surface area contributed by atoms with Gasteiger partial charge in [-0.1, -0.05) is 13.8 Å². The van der Waals surface area contributed by atoms with Gasteiger partial charge in [-0.25, -0.2) is 0 Å². The predicted molar refractivity (Wildman–Crippen MR) is 66.7 cm³/mol. The molecule has 2 aliphatic rings. The number of fused-ring (bicyclic) bond motifs is 1. The molecule has 0 aromatic carbocycles. The van der Waals surface area contributed by atoms with Crippen LogP contribution in [0.5, 0.6) is 0 Å². The summed E-state index contributed by atoms with van der Waals surface area (Å²) in [4.78, 5) is 2.66. The lowest BCUT2D eigenvalue weighted by molar-refractivity contribution is -0.0689. The quantitative estimate of drug-likeness (QED) is 0.788. The number of rotatable bonds is 4. The second-order valence-corrected chi connectivity index (χ2v) is 5.56. The molecule has 0 aromatic rings. The zero-order valence-electron chi connectivity index (χ0n) is 10.9. The SMILES string of the molecule is CC(C)NCC(C)N1CCOC2CCCC21. The van der Waals surface area contributed by atoms with Gasteiger partial charge in [-0.15, -0.1) is 0 Å². The van der Waals surface area contributed by atoms with Gasteiger partial charge in [0.05, 0.1) is 12.7 Å². The molecule has 0 spiro atoms. The highest BCUT2D eigenvalue weighted by molar-refractivity contribution is 4.91. The first-order chi connectivity index (χ1) is 7.68. The summed E-state index contributed by atoms with van der Waals surface area (Å²) in [5.41, 5.74) is 0. The second kappa shape index (κ2) is 5.48. The third-order valence-corrected chi connectivity index (χ3v) is 3.91. The minimum atomic E-state index is 0.523. The first-order valence-electron chi connectivity index (χ1n) is 6.79. The Bertz CT molecular complexity index is 220. The molecule has 0 aromatic heterocycles. The summed E-state index contributed by atoms with van der Waals surface area (Å²) in [6.07, 6.45) is 4.47. The van der Waals surface area contributed by atoms with Crippen molar-refractivity contribution in [1.82, 2.24) is 10.2 Å². The first kappa shape index (κ1) is 12.3. The molecule has 1 aliphatic heterocycles. The Kier molecular flexibility index (Phi) is 4.22. The van der Waals surface area contributed by atoms with Gasteiger partial charge < -0.3 is 10.1 Å². The van der Waals surface area contributed by atoms with Crippen LogP contribution in [-0.2, 0) is 4.74 Å². The van der Waals surface area contributed by atoms with Crippen molar-refractivity contribution in [2.24, 2.45) is 0 Å². The number of hydrogen-bond donors (Lipinski definition) is 1. The van der Waals surface area contributed by atoms with Crippen molar-refractivity contribution < 1.29 is 4.74 Å². The normalized spacial score (nSPS) is 33.0. The van der Waals surface area contributed by atoms with Crippen LogP contribution in [0.1, 0.15) is 40.0 Å². The van der Waals surface area contributed by atoms with Gasteiger partial charge in [-0.3, -0.25) is 4.90 Å². The molecule has 2 fully saturated rings. The van der Waals surface area contributed by atoms with Crippen molar-refractivity contribution in [3.05, 3.63) is 0 Å². The van der Waals surface area contributed by atoms with E-state index in [0.29, 0.717) is 24.2 Å².